The van der Waals surface area contributed by atoms with E-state index < -0.39 is 20.0 Å². The molecular formula is C74H137N2O6P. The first-order valence-corrected chi connectivity index (χ1v) is 36.9. The van der Waals surface area contributed by atoms with Crippen LogP contribution in [-0.2, 0) is 18.4 Å². The van der Waals surface area contributed by atoms with Gasteiger partial charge in [-0.2, -0.15) is 0 Å². The van der Waals surface area contributed by atoms with Crippen LogP contribution in [0.1, 0.15) is 328 Å². The minimum Gasteiger partial charge on any atom is -0.756 e. The van der Waals surface area contributed by atoms with Gasteiger partial charge in [0.1, 0.15) is 13.2 Å². The molecule has 484 valence electrons. The van der Waals surface area contributed by atoms with Crippen molar-refractivity contribution in [3.63, 3.8) is 0 Å². The highest BCUT2D eigenvalue weighted by molar-refractivity contribution is 7.45. The molecule has 0 aliphatic heterocycles. The molecule has 0 rings (SSSR count). The Kier molecular flexibility index (Phi) is 62.4. The molecule has 8 nitrogen and oxygen atoms in total. The molecule has 0 aromatic heterocycles. The summed E-state index contributed by atoms with van der Waals surface area (Å²) in [4.78, 5) is 25.7. The number of carbonyl (C=O) groups excluding carboxylic acids is 1. The first-order chi connectivity index (χ1) is 40.5. The number of nitrogens with one attached hydrogen (secondary N) is 1. The number of rotatable bonds is 65. The van der Waals surface area contributed by atoms with Gasteiger partial charge in [-0.25, -0.2) is 0 Å². The molecule has 3 unspecified atom stereocenters. The lowest BCUT2D eigenvalue weighted by Crippen LogP contribution is -2.46. The van der Waals surface area contributed by atoms with Gasteiger partial charge in [0.2, 0.25) is 5.91 Å². The Morgan fingerprint density at radius 1 is 0.434 bits per heavy atom. The van der Waals surface area contributed by atoms with Crippen molar-refractivity contribution in [2.75, 3.05) is 40.9 Å². The zero-order valence-electron chi connectivity index (χ0n) is 55.4. The maximum atomic E-state index is 13.1. The highest BCUT2D eigenvalue weighted by Gasteiger charge is 2.24. The number of unbranched alkanes of at least 4 members (excludes halogenated alkanes) is 38. The monoisotopic (exact) mass is 1180 g/mol. The smallest absolute Gasteiger partial charge is 0.268 e. The summed E-state index contributed by atoms with van der Waals surface area (Å²) < 4.78 is 23.5. The topological polar surface area (TPSA) is 108 Å². The van der Waals surface area contributed by atoms with Gasteiger partial charge in [0.25, 0.3) is 7.82 Å². The number of phosphoric acid groups is 1. The Balaban J connectivity index is 4.08. The first kappa shape index (κ1) is 80.7. The lowest BCUT2D eigenvalue weighted by molar-refractivity contribution is -0.870. The molecule has 0 aromatic carbocycles. The Hall–Kier alpha value is -2.32. The molecule has 0 saturated carbocycles. The van der Waals surface area contributed by atoms with Gasteiger partial charge in [0.15, 0.2) is 0 Å². The molecule has 0 spiro atoms. The van der Waals surface area contributed by atoms with Crippen LogP contribution in [0.25, 0.3) is 0 Å². The zero-order chi connectivity index (χ0) is 60.5. The third-order valence-corrected chi connectivity index (χ3v) is 16.9. The van der Waals surface area contributed by atoms with Crippen molar-refractivity contribution in [2.24, 2.45) is 0 Å². The maximum absolute atomic E-state index is 13.1. The van der Waals surface area contributed by atoms with Crippen LogP contribution in [0.4, 0.5) is 0 Å². The van der Waals surface area contributed by atoms with Gasteiger partial charge in [-0.15, -0.1) is 0 Å². The Morgan fingerprint density at radius 3 is 1.07 bits per heavy atom. The molecule has 0 aliphatic rings. The van der Waals surface area contributed by atoms with Crippen molar-refractivity contribution in [3.05, 3.63) is 85.1 Å². The third-order valence-electron chi connectivity index (χ3n) is 15.9. The SMILES string of the molecule is CC/C=C\C/C=C\C/C=C\C/C=C\C/C=C\C/C=C\C/C=C\CCCCCCCCCC(=O)NC(COP(=O)([O-])OCC[N+](C)(C)C)C(O)CCCCCCCCCCCCCCCCCCCCCCCCCCCCCCCCCC. The van der Waals surface area contributed by atoms with Gasteiger partial charge in [0, 0.05) is 6.42 Å². The fraction of sp³-hybridized carbons (Fsp3) is 0.797. The van der Waals surface area contributed by atoms with Gasteiger partial charge < -0.3 is 28.8 Å². The van der Waals surface area contributed by atoms with E-state index in [4.69, 9.17) is 9.05 Å². The lowest BCUT2D eigenvalue weighted by atomic mass is 10.0. The predicted molar refractivity (Wildman–Crippen MR) is 362 cm³/mol. The quantitative estimate of drug-likeness (QED) is 0.0272. The fourth-order valence-electron chi connectivity index (χ4n) is 10.4. The molecule has 0 radical (unpaired) electrons. The van der Waals surface area contributed by atoms with Crippen molar-refractivity contribution in [3.8, 4) is 0 Å². The molecule has 0 saturated heterocycles. The number of hydrogen-bond donors (Lipinski definition) is 2. The molecule has 3 atom stereocenters. The molecule has 0 aliphatic carbocycles. The van der Waals surface area contributed by atoms with Gasteiger partial charge in [-0.1, -0.05) is 336 Å². The van der Waals surface area contributed by atoms with E-state index in [0.29, 0.717) is 23.9 Å². The number of amides is 1. The van der Waals surface area contributed by atoms with Crippen LogP contribution in [0.15, 0.2) is 85.1 Å². The minimum atomic E-state index is -4.59. The summed E-state index contributed by atoms with van der Waals surface area (Å²) in [6.45, 7) is 4.63. The van der Waals surface area contributed by atoms with E-state index >= 15 is 0 Å². The van der Waals surface area contributed by atoms with Gasteiger partial charge in [-0.05, 0) is 70.6 Å². The summed E-state index contributed by atoms with van der Waals surface area (Å²) in [6.07, 6.45) is 90.9. The van der Waals surface area contributed by atoms with Crippen LogP contribution < -0.4 is 10.2 Å². The number of phosphoric ester groups is 1. The number of allylic oxidation sites excluding steroid dienone is 14. The number of nitrogens with zero attached hydrogens (tertiary/aromatic N) is 1. The standard InChI is InChI=1S/C74H137N2O6P/c1-6-8-10-12-14-16-18-20-22-24-26-28-30-32-34-36-37-38-40-41-43-45-47-49-51-53-55-57-59-61-63-65-67-73(77)72(71-82-83(79,80)81-70-69-76(3,4)5)75-74(78)68-66-64-62-60-58-56-54-52-50-48-46-44-42-39-35-33-31-29-27-25-23-21-19-17-15-13-11-9-7-2/h9,11,15,17,21,23,27,29,33,35,42,44,48,50,72-73,77H,6-8,10,12-14,16,18-20,22,24-26,28,30-32,34,36-41,43,45-47,49,51-71H2,1-5H3,(H-,75,78,79,80)/b11-9-,17-15-,23-21-,29-27-,35-33-,44-42-,50-48-. The van der Waals surface area contributed by atoms with E-state index in [1.54, 1.807) is 0 Å². The van der Waals surface area contributed by atoms with Crippen LogP contribution in [0.2, 0.25) is 0 Å². The number of aliphatic hydroxyl groups is 1. The number of hydrogen-bond acceptors (Lipinski definition) is 6. The highest BCUT2D eigenvalue weighted by Crippen LogP contribution is 2.38. The number of aliphatic hydroxyl groups excluding tert-OH is 1. The molecule has 1 amide bonds. The Bertz CT molecular complexity index is 1630. The summed E-state index contributed by atoms with van der Waals surface area (Å²) in [5.74, 6) is -0.175. The number of carbonyl (C=O) groups is 1. The summed E-state index contributed by atoms with van der Waals surface area (Å²) in [6, 6.07) is -0.815. The Labute approximate surface area is 516 Å². The third kappa shape index (κ3) is 67.1. The normalized spacial score (nSPS) is 14.2. The molecule has 9 heteroatoms. The van der Waals surface area contributed by atoms with E-state index in [1.807, 2.05) is 21.1 Å². The van der Waals surface area contributed by atoms with Crippen LogP contribution >= 0.6 is 7.82 Å². The second-order valence-electron chi connectivity index (χ2n) is 25.2. The van der Waals surface area contributed by atoms with Crippen molar-refractivity contribution in [2.45, 2.75) is 341 Å². The molecule has 0 aromatic rings. The van der Waals surface area contributed by atoms with Gasteiger partial charge >= 0.3 is 0 Å². The molecule has 2 N–H and O–H groups in total. The highest BCUT2D eigenvalue weighted by atomic mass is 31.2. The molecule has 0 heterocycles. The molecule has 0 bridgehead atoms. The van der Waals surface area contributed by atoms with E-state index in [1.165, 1.54) is 205 Å². The average molecular weight is 1180 g/mol. The van der Waals surface area contributed by atoms with Crippen molar-refractivity contribution >= 4 is 13.7 Å². The molecular weight excluding hydrogens is 1040 g/mol. The lowest BCUT2D eigenvalue weighted by Gasteiger charge is -2.30. The van der Waals surface area contributed by atoms with Crippen molar-refractivity contribution < 1.29 is 32.9 Å². The Morgan fingerprint density at radius 2 is 0.735 bits per heavy atom. The van der Waals surface area contributed by atoms with Gasteiger partial charge in [0.05, 0.1) is 39.9 Å². The zero-order valence-corrected chi connectivity index (χ0v) is 56.3. The average Bonchev–Trinajstić information content (AvgIpc) is 3.50. The van der Waals surface area contributed by atoms with Crippen LogP contribution in [0.3, 0.4) is 0 Å². The second kappa shape index (κ2) is 64.2. The second-order valence-corrected chi connectivity index (χ2v) is 26.6. The minimum absolute atomic E-state index is 0.00628. The van der Waals surface area contributed by atoms with E-state index in [2.05, 4.69) is 104 Å². The van der Waals surface area contributed by atoms with E-state index in [9.17, 15) is 19.4 Å². The summed E-state index contributed by atoms with van der Waals surface area (Å²) >= 11 is 0. The number of quaternary nitrogens is 1. The summed E-state index contributed by atoms with van der Waals surface area (Å²) in [7, 11) is 1.30. The van der Waals surface area contributed by atoms with Crippen molar-refractivity contribution in [1.82, 2.24) is 5.32 Å². The molecule has 83 heavy (non-hydrogen) atoms. The van der Waals surface area contributed by atoms with Gasteiger partial charge in [-0.3, -0.25) is 9.36 Å². The van der Waals surface area contributed by atoms with E-state index in [-0.39, 0.29) is 19.1 Å². The first-order valence-electron chi connectivity index (χ1n) is 35.4. The maximum Gasteiger partial charge on any atom is 0.268 e. The molecule has 0 fully saturated rings. The van der Waals surface area contributed by atoms with Crippen LogP contribution in [-0.4, -0.2) is 68.5 Å². The predicted octanol–water partition coefficient (Wildman–Crippen LogP) is 22.1. The number of likely N-dealkylation sites (N-methyl/N-ethyl adjacent to an activating group) is 1. The van der Waals surface area contributed by atoms with Crippen LogP contribution in [0.5, 0.6) is 0 Å². The van der Waals surface area contributed by atoms with E-state index in [0.717, 1.165) is 96.3 Å². The summed E-state index contributed by atoms with van der Waals surface area (Å²) in [5.41, 5.74) is 0. The van der Waals surface area contributed by atoms with Crippen LogP contribution in [0, 0.1) is 0 Å². The van der Waals surface area contributed by atoms with Crippen molar-refractivity contribution in [1.29, 1.82) is 0 Å². The largest absolute Gasteiger partial charge is 0.756 e. The summed E-state index contributed by atoms with van der Waals surface area (Å²) in [5, 5.41) is 14.1. The fourth-order valence-corrected chi connectivity index (χ4v) is 11.2.